The Morgan fingerprint density at radius 2 is 1.25 bits per heavy atom. The second kappa shape index (κ2) is 6.01. The number of allylic oxidation sites excluding steroid dienone is 4. The molecule has 0 radical (unpaired) electrons. The number of rotatable bonds is 2. The lowest BCUT2D eigenvalue weighted by atomic mass is 9.95. The van der Waals surface area contributed by atoms with Crippen LogP contribution in [0.5, 0.6) is 0 Å². The van der Waals surface area contributed by atoms with Gasteiger partial charge in [0.05, 0.1) is 24.3 Å². The van der Waals surface area contributed by atoms with E-state index in [0.717, 1.165) is 11.1 Å². The highest BCUT2D eigenvalue weighted by Crippen LogP contribution is 2.59. The number of nitrogens with zero attached hydrogens (tertiary/aromatic N) is 2. The van der Waals surface area contributed by atoms with Crippen molar-refractivity contribution < 1.29 is 19.8 Å². The molecule has 148 valence electrons. The number of carbonyl (C=O) groups is 2. The maximum absolute atomic E-state index is 14.0. The summed E-state index contributed by atoms with van der Waals surface area (Å²) >= 11 is 2.70. The van der Waals surface area contributed by atoms with Gasteiger partial charge in [-0.15, -0.1) is 23.5 Å². The lowest BCUT2D eigenvalue weighted by Crippen LogP contribution is -2.74. The van der Waals surface area contributed by atoms with Crippen molar-refractivity contribution in [2.24, 2.45) is 0 Å². The molecule has 0 bridgehead atoms. The number of thioether (sulfide) groups is 2. The molecule has 2 amide bonds. The van der Waals surface area contributed by atoms with Crippen LogP contribution in [-0.4, -0.2) is 78.4 Å². The summed E-state index contributed by atoms with van der Waals surface area (Å²) in [6.45, 7) is 0. The number of aliphatic hydroxyl groups is 2. The zero-order valence-corrected chi connectivity index (χ0v) is 17.2. The van der Waals surface area contributed by atoms with Crippen LogP contribution in [0.25, 0.3) is 0 Å². The van der Waals surface area contributed by atoms with Crippen LogP contribution in [0.2, 0.25) is 0 Å². The zero-order chi connectivity index (χ0) is 19.8. The molecule has 5 rings (SSSR count). The SMILES string of the molecule is CSC12CC3=CC=CC(O)C3N1C(=O)C1(SC)CC3=CC=CC(O)C3N1C2=O. The topological polar surface area (TPSA) is 81.1 Å². The number of carbonyl (C=O) groups excluding carboxylic acids is 2. The van der Waals surface area contributed by atoms with Crippen molar-refractivity contribution in [1.29, 1.82) is 0 Å². The van der Waals surface area contributed by atoms with Crippen LogP contribution in [0.3, 0.4) is 0 Å². The lowest BCUT2D eigenvalue weighted by Gasteiger charge is -2.54. The van der Waals surface area contributed by atoms with Gasteiger partial charge in [-0.1, -0.05) is 36.5 Å². The molecule has 8 heteroatoms. The first-order valence-corrected chi connectivity index (χ1v) is 11.7. The van der Waals surface area contributed by atoms with Crippen LogP contribution in [0.1, 0.15) is 12.8 Å². The maximum atomic E-state index is 14.0. The maximum Gasteiger partial charge on any atom is 0.261 e. The van der Waals surface area contributed by atoms with Gasteiger partial charge in [-0.25, -0.2) is 0 Å². The summed E-state index contributed by atoms with van der Waals surface area (Å²) in [7, 11) is 0. The van der Waals surface area contributed by atoms with Crippen molar-refractivity contribution in [1.82, 2.24) is 9.80 Å². The van der Waals surface area contributed by atoms with E-state index in [1.165, 1.54) is 23.5 Å². The molecule has 0 saturated carbocycles. The number of hydrogen-bond acceptors (Lipinski definition) is 6. The van der Waals surface area contributed by atoms with Crippen molar-refractivity contribution in [3.63, 3.8) is 0 Å². The van der Waals surface area contributed by atoms with E-state index < -0.39 is 34.0 Å². The number of aliphatic hydroxyl groups excluding tert-OH is 2. The molecule has 0 aromatic carbocycles. The molecular weight excluding hydrogens is 396 g/mol. The van der Waals surface area contributed by atoms with E-state index in [1.54, 1.807) is 34.1 Å². The summed E-state index contributed by atoms with van der Waals surface area (Å²) in [6, 6.07) is -1.03. The molecule has 3 saturated heterocycles. The fourth-order valence-corrected chi connectivity index (χ4v) is 7.35. The third-order valence-corrected chi connectivity index (χ3v) is 9.03. The number of amides is 2. The minimum absolute atomic E-state index is 0.154. The van der Waals surface area contributed by atoms with Gasteiger partial charge in [0.2, 0.25) is 0 Å². The van der Waals surface area contributed by atoms with Crippen molar-refractivity contribution in [2.45, 2.75) is 46.9 Å². The Bertz CT molecular complexity index is 825. The summed E-state index contributed by atoms with van der Waals surface area (Å²) in [5.41, 5.74) is 1.81. The van der Waals surface area contributed by atoms with Gasteiger partial charge >= 0.3 is 0 Å². The number of hydrogen-bond donors (Lipinski definition) is 2. The molecule has 0 aromatic rings. The Kier molecular flexibility index (Phi) is 3.98. The lowest BCUT2D eigenvalue weighted by molar-refractivity contribution is -0.167. The quantitative estimate of drug-likeness (QED) is 0.697. The number of piperazine rings is 1. The van der Waals surface area contributed by atoms with E-state index in [9.17, 15) is 19.8 Å². The second-order valence-electron chi connectivity index (χ2n) is 7.80. The standard InChI is InChI=1S/C20H22N2O4S2/c1-27-19-9-11-5-3-7-13(23)15(11)21(19)18(26)20(28-2)10-12-6-4-8-14(24)16(12)22(20)17(19)25/h3-8,13-16,23-24H,9-10H2,1-2H3. The smallest absolute Gasteiger partial charge is 0.261 e. The molecular formula is C20H22N2O4S2. The van der Waals surface area contributed by atoms with Gasteiger partial charge in [-0.3, -0.25) is 9.59 Å². The molecule has 5 aliphatic rings. The van der Waals surface area contributed by atoms with Gasteiger partial charge < -0.3 is 20.0 Å². The molecule has 6 nitrogen and oxygen atoms in total. The molecule has 3 fully saturated rings. The van der Waals surface area contributed by atoms with Gasteiger partial charge in [0.15, 0.2) is 9.74 Å². The van der Waals surface area contributed by atoms with Crippen molar-refractivity contribution in [2.75, 3.05) is 12.5 Å². The molecule has 0 aromatic heterocycles. The van der Waals surface area contributed by atoms with E-state index in [1.807, 2.05) is 24.7 Å². The van der Waals surface area contributed by atoms with Crippen molar-refractivity contribution in [3.05, 3.63) is 47.6 Å². The monoisotopic (exact) mass is 418 g/mol. The Hall–Kier alpha value is -1.48. The molecule has 6 unspecified atom stereocenters. The van der Waals surface area contributed by atoms with Crippen LogP contribution in [-0.2, 0) is 9.59 Å². The van der Waals surface area contributed by atoms with E-state index in [-0.39, 0.29) is 11.8 Å². The minimum atomic E-state index is -1.09. The summed E-state index contributed by atoms with van der Waals surface area (Å²) < 4.78 is 0. The first-order chi connectivity index (χ1) is 13.4. The normalized spacial score (nSPS) is 43.4. The Morgan fingerprint density at radius 3 is 1.61 bits per heavy atom. The highest BCUT2D eigenvalue weighted by Gasteiger charge is 2.72. The highest BCUT2D eigenvalue weighted by molar-refractivity contribution is 8.01. The minimum Gasteiger partial charge on any atom is -0.387 e. The Morgan fingerprint density at radius 1 is 0.857 bits per heavy atom. The van der Waals surface area contributed by atoms with Gasteiger partial charge in [0.1, 0.15) is 0 Å². The zero-order valence-electron chi connectivity index (χ0n) is 15.6. The fourth-order valence-electron chi connectivity index (χ4n) is 5.40. The molecule has 3 aliphatic heterocycles. The van der Waals surface area contributed by atoms with Gasteiger partial charge in [0.25, 0.3) is 11.8 Å². The summed E-state index contributed by atoms with van der Waals surface area (Å²) in [5.74, 6) is -0.307. The molecule has 2 N–H and O–H groups in total. The first-order valence-electron chi connectivity index (χ1n) is 9.30. The first kappa shape index (κ1) is 18.5. The largest absolute Gasteiger partial charge is 0.387 e. The van der Waals surface area contributed by atoms with E-state index in [2.05, 4.69) is 0 Å². The summed E-state index contributed by atoms with van der Waals surface area (Å²) in [5, 5.41) is 21.3. The Balaban J connectivity index is 1.70. The van der Waals surface area contributed by atoms with E-state index in [4.69, 9.17) is 0 Å². The van der Waals surface area contributed by atoms with Crippen LogP contribution in [0.4, 0.5) is 0 Å². The van der Waals surface area contributed by atoms with E-state index in [0.29, 0.717) is 12.8 Å². The highest BCUT2D eigenvalue weighted by atomic mass is 32.2. The predicted molar refractivity (Wildman–Crippen MR) is 109 cm³/mol. The van der Waals surface area contributed by atoms with Crippen molar-refractivity contribution >= 4 is 35.3 Å². The fraction of sp³-hybridized carbons (Fsp3) is 0.500. The van der Waals surface area contributed by atoms with Crippen LogP contribution < -0.4 is 0 Å². The third kappa shape index (κ3) is 1.99. The van der Waals surface area contributed by atoms with Crippen LogP contribution in [0, 0.1) is 0 Å². The number of fused-ring (bicyclic) bond motifs is 6. The summed E-state index contributed by atoms with van der Waals surface area (Å²) in [4.78, 5) is 29.1. The average molecular weight is 419 g/mol. The molecule has 28 heavy (non-hydrogen) atoms. The molecule has 6 atom stereocenters. The van der Waals surface area contributed by atoms with Crippen LogP contribution in [0.15, 0.2) is 47.6 Å². The molecule has 0 spiro atoms. The molecule has 3 heterocycles. The van der Waals surface area contributed by atoms with Gasteiger partial charge in [-0.05, 0) is 23.7 Å². The van der Waals surface area contributed by atoms with Crippen molar-refractivity contribution in [3.8, 4) is 0 Å². The van der Waals surface area contributed by atoms with Crippen LogP contribution >= 0.6 is 23.5 Å². The summed E-state index contributed by atoms with van der Waals surface area (Å²) in [6.07, 6.45) is 13.6. The van der Waals surface area contributed by atoms with Gasteiger partial charge in [0, 0.05) is 12.8 Å². The molecule has 2 aliphatic carbocycles. The third-order valence-electron chi connectivity index (χ3n) is 6.65. The second-order valence-corrected chi connectivity index (χ2v) is 9.97. The van der Waals surface area contributed by atoms with E-state index >= 15 is 0 Å². The van der Waals surface area contributed by atoms with Gasteiger partial charge in [-0.2, -0.15) is 0 Å². The average Bonchev–Trinajstić information content (AvgIpc) is 3.22. The Labute approximate surface area is 172 Å². The predicted octanol–water partition coefficient (Wildman–Crippen LogP) is 1.03.